The summed E-state index contributed by atoms with van der Waals surface area (Å²) in [5.41, 5.74) is 0.820. The van der Waals surface area contributed by atoms with E-state index in [2.05, 4.69) is 11.9 Å². The van der Waals surface area contributed by atoms with Crippen LogP contribution in [0.1, 0.15) is 37.2 Å². The van der Waals surface area contributed by atoms with E-state index in [4.69, 9.17) is 19.8 Å². The average molecular weight is 351 g/mol. The summed E-state index contributed by atoms with van der Waals surface area (Å²) in [5, 5.41) is 31.0. The lowest BCUT2D eigenvalue weighted by atomic mass is 9.98. The number of ether oxygens (including phenoxy) is 1. The van der Waals surface area contributed by atoms with Crippen LogP contribution in [0.4, 0.5) is 0 Å². The summed E-state index contributed by atoms with van der Waals surface area (Å²) < 4.78 is 5.70. The maximum atomic E-state index is 12.4. The topological polar surface area (TPSA) is 110 Å². The molecule has 138 valence electrons. The van der Waals surface area contributed by atoms with Crippen molar-refractivity contribution in [3.05, 3.63) is 35.9 Å². The van der Waals surface area contributed by atoms with Crippen molar-refractivity contribution in [2.75, 3.05) is 13.7 Å². The average Bonchev–Trinajstić information content (AvgIpc) is 2.78. The van der Waals surface area contributed by atoms with Crippen molar-refractivity contribution in [2.45, 2.75) is 49.8 Å². The van der Waals surface area contributed by atoms with Crippen molar-refractivity contribution in [1.29, 1.82) is 0 Å². The molecule has 3 atom stereocenters. The van der Waals surface area contributed by atoms with Crippen LogP contribution in [-0.4, -0.2) is 70.2 Å². The Morgan fingerprint density at radius 2 is 1.72 bits per heavy atom. The van der Waals surface area contributed by atoms with Crippen LogP contribution in [0.25, 0.3) is 0 Å². The Hall–Kier alpha value is -1.45. The van der Waals surface area contributed by atoms with Gasteiger partial charge in [0.1, 0.15) is 12.0 Å². The molecule has 1 aromatic rings. The van der Waals surface area contributed by atoms with E-state index in [1.165, 1.54) is 12.8 Å². The normalized spacial score (nSPS) is 26.4. The van der Waals surface area contributed by atoms with Crippen molar-refractivity contribution in [1.82, 2.24) is 4.90 Å². The predicted molar refractivity (Wildman–Crippen MR) is 92.4 cm³/mol. The van der Waals surface area contributed by atoms with Crippen LogP contribution in [-0.2, 0) is 9.53 Å². The third-order valence-corrected chi connectivity index (χ3v) is 5.01. The molecular weight excluding hydrogens is 325 g/mol. The minimum absolute atomic E-state index is 0.00367. The van der Waals surface area contributed by atoms with Gasteiger partial charge < -0.3 is 29.8 Å². The summed E-state index contributed by atoms with van der Waals surface area (Å²) in [4.78, 5) is 14.8. The number of rotatable bonds is 4. The van der Waals surface area contributed by atoms with E-state index >= 15 is 0 Å². The lowest BCUT2D eigenvalue weighted by Gasteiger charge is -2.36. The van der Waals surface area contributed by atoms with Crippen molar-refractivity contribution in [3.63, 3.8) is 0 Å². The number of nitrogens with zero attached hydrogens (tertiary/aromatic N) is 1. The molecule has 0 amide bonds. The summed E-state index contributed by atoms with van der Waals surface area (Å²) in [7, 11) is 0.000864. The lowest BCUT2D eigenvalue weighted by molar-refractivity contribution is -0.155. The van der Waals surface area contributed by atoms with Gasteiger partial charge in [0.05, 0.1) is 6.61 Å². The Morgan fingerprint density at radius 1 is 1.20 bits per heavy atom. The lowest BCUT2D eigenvalue weighted by Crippen LogP contribution is -2.43. The highest BCUT2D eigenvalue weighted by atomic mass is 16.5. The van der Waals surface area contributed by atoms with Gasteiger partial charge in [0.2, 0.25) is 0 Å². The number of benzene rings is 1. The monoisotopic (exact) mass is 351 g/mol. The summed E-state index contributed by atoms with van der Waals surface area (Å²) in [6, 6.07) is 10.5. The Bertz CT molecular complexity index is 526. The molecule has 2 bridgehead atoms. The van der Waals surface area contributed by atoms with Gasteiger partial charge in [-0.2, -0.15) is 0 Å². The van der Waals surface area contributed by atoms with Crippen molar-refractivity contribution in [2.24, 2.45) is 0 Å². The van der Waals surface area contributed by atoms with Gasteiger partial charge in [-0.05, 0) is 38.3 Å². The molecule has 2 saturated heterocycles. The molecule has 4 N–H and O–H groups in total. The first kappa shape index (κ1) is 19.9. The maximum absolute atomic E-state index is 12.4. The third kappa shape index (κ3) is 5.52. The van der Waals surface area contributed by atoms with Gasteiger partial charge in [-0.3, -0.25) is 4.79 Å². The second-order valence-corrected chi connectivity index (χ2v) is 6.57. The van der Waals surface area contributed by atoms with Gasteiger partial charge in [-0.1, -0.05) is 30.3 Å². The fourth-order valence-electron chi connectivity index (χ4n) is 3.71. The van der Waals surface area contributed by atoms with E-state index in [1.54, 1.807) is 0 Å². The van der Waals surface area contributed by atoms with Crippen LogP contribution < -0.4 is 0 Å². The van der Waals surface area contributed by atoms with Gasteiger partial charge >= 0.3 is 13.3 Å². The van der Waals surface area contributed by atoms with Crippen molar-refractivity contribution in [3.8, 4) is 0 Å². The van der Waals surface area contributed by atoms with Gasteiger partial charge in [0.15, 0.2) is 0 Å². The predicted octanol–water partition coefficient (Wildman–Crippen LogP) is -0.121. The summed E-state index contributed by atoms with van der Waals surface area (Å²) in [6.45, 7) is -0.206. The number of carbonyl (C=O) groups excluding carboxylic acids is 1. The van der Waals surface area contributed by atoms with Crippen molar-refractivity contribution < 1.29 is 29.7 Å². The SMILES string of the molecule is CN1C2CCC1CC(OC(=O)C(CO)c1ccccc1)C2.OB(O)O. The zero-order valence-electron chi connectivity index (χ0n) is 14.4. The molecule has 0 aromatic heterocycles. The van der Waals surface area contributed by atoms with E-state index < -0.39 is 13.2 Å². The second-order valence-electron chi connectivity index (χ2n) is 6.57. The molecule has 0 spiro atoms. The molecule has 2 aliphatic rings. The molecule has 3 rings (SSSR count). The number of fused-ring (bicyclic) bond motifs is 2. The Balaban J connectivity index is 0.000000511. The van der Waals surface area contributed by atoms with Gasteiger partial charge in [-0.15, -0.1) is 0 Å². The van der Waals surface area contributed by atoms with Crippen LogP contribution in [0.3, 0.4) is 0 Å². The number of aliphatic hydroxyl groups excluding tert-OH is 1. The molecule has 3 unspecified atom stereocenters. The van der Waals surface area contributed by atoms with Crippen LogP contribution in [0.15, 0.2) is 30.3 Å². The highest BCUT2D eigenvalue weighted by molar-refractivity contribution is 6.30. The Morgan fingerprint density at radius 3 is 2.20 bits per heavy atom. The molecular formula is C17H26BNO6. The number of carbonyl (C=O) groups is 1. The van der Waals surface area contributed by atoms with Gasteiger partial charge in [-0.25, -0.2) is 0 Å². The fourth-order valence-corrected chi connectivity index (χ4v) is 3.71. The van der Waals surface area contributed by atoms with Gasteiger partial charge in [0, 0.05) is 12.1 Å². The summed E-state index contributed by atoms with van der Waals surface area (Å²) in [5.74, 6) is -0.860. The number of hydrogen-bond donors (Lipinski definition) is 4. The number of esters is 1. The summed E-state index contributed by atoms with van der Waals surface area (Å²) >= 11 is 0. The smallest absolute Gasteiger partial charge is 0.462 e. The molecule has 0 saturated carbocycles. The molecule has 2 fully saturated rings. The van der Waals surface area contributed by atoms with Crippen molar-refractivity contribution >= 4 is 13.3 Å². The first-order valence-electron chi connectivity index (χ1n) is 8.54. The molecule has 0 aliphatic carbocycles. The maximum Gasteiger partial charge on any atom is 0.631 e. The number of aliphatic hydroxyl groups is 1. The van der Waals surface area contributed by atoms with E-state index in [0.717, 1.165) is 18.4 Å². The molecule has 0 radical (unpaired) electrons. The summed E-state index contributed by atoms with van der Waals surface area (Å²) in [6.07, 6.45) is 4.26. The van der Waals surface area contributed by atoms with E-state index in [-0.39, 0.29) is 18.7 Å². The highest BCUT2D eigenvalue weighted by Gasteiger charge is 2.40. The molecule has 7 nitrogen and oxygen atoms in total. The quantitative estimate of drug-likeness (QED) is 0.442. The van der Waals surface area contributed by atoms with Crippen LogP contribution in [0.5, 0.6) is 0 Å². The van der Waals surface area contributed by atoms with E-state index in [1.807, 2.05) is 30.3 Å². The highest BCUT2D eigenvalue weighted by Crippen LogP contribution is 2.36. The third-order valence-electron chi connectivity index (χ3n) is 5.01. The number of hydrogen-bond acceptors (Lipinski definition) is 7. The fraction of sp³-hybridized carbons (Fsp3) is 0.588. The molecule has 2 aliphatic heterocycles. The van der Waals surface area contributed by atoms with Crippen LogP contribution in [0.2, 0.25) is 0 Å². The molecule has 2 heterocycles. The van der Waals surface area contributed by atoms with Crippen LogP contribution >= 0.6 is 0 Å². The number of piperidine rings is 1. The van der Waals surface area contributed by atoms with E-state index in [0.29, 0.717) is 12.1 Å². The molecule has 25 heavy (non-hydrogen) atoms. The van der Waals surface area contributed by atoms with Crippen LogP contribution in [0, 0.1) is 0 Å². The Kier molecular flexibility index (Phi) is 7.40. The minimum atomic E-state index is -2.17. The zero-order chi connectivity index (χ0) is 18.4. The van der Waals surface area contributed by atoms with Gasteiger partial charge in [0.25, 0.3) is 0 Å². The molecule has 1 aromatic carbocycles. The largest absolute Gasteiger partial charge is 0.631 e. The zero-order valence-corrected chi connectivity index (χ0v) is 14.4. The standard InChI is InChI=1S/C17H23NO3.BH3O3/c1-18-13-7-8-14(18)10-15(9-13)21-17(20)16(11-19)12-5-3-2-4-6-12;2-1(3)4/h2-6,13-16,19H,7-11H2,1H3;2-4H. The second kappa shape index (κ2) is 9.31. The molecule has 8 heteroatoms. The minimum Gasteiger partial charge on any atom is -0.462 e. The Labute approximate surface area is 148 Å². The van der Waals surface area contributed by atoms with E-state index in [9.17, 15) is 9.90 Å². The first-order chi connectivity index (χ1) is 11.9. The first-order valence-corrected chi connectivity index (χ1v) is 8.54.